The van der Waals surface area contributed by atoms with Crippen LogP contribution in [0.2, 0.25) is 0 Å². The number of likely N-dealkylation sites (N-methyl/N-ethyl adjacent to an activating group) is 1. The first-order valence-corrected chi connectivity index (χ1v) is 9.90. The molecule has 10 heteroatoms. The van der Waals surface area contributed by atoms with E-state index in [1.54, 1.807) is 4.90 Å². The van der Waals surface area contributed by atoms with E-state index >= 15 is 0 Å². The lowest BCUT2D eigenvalue weighted by molar-refractivity contribution is -0.402. The summed E-state index contributed by atoms with van der Waals surface area (Å²) in [6.07, 6.45) is 0. The van der Waals surface area contributed by atoms with Gasteiger partial charge in [0.1, 0.15) is 4.92 Å². The number of nitrogens with zero attached hydrogens (tertiary/aromatic N) is 4. The Kier molecular flexibility index (Phi) is 7.72. The number of fused-ring (bicyclic) bond motifs is 1. The van der Waals surface area contributed by atoms with E-state index in [9.17, 15) is 14.9 Å². The summed E-state index contributed by atoms with van der Waals surface area (Å²) in [5.74, 6) is -0.954. The molecule has 0 atom stereocenters. The van der Waals surface area contributed by atoms with Crippen molar-refractivity contribution in [3.63, 3.8) is 0 Å². The van der Waals surface area contributed by atoms with Crippen LogP contribution in [0.15, 0.2) is 34.7 Å². The van der Waals surface area contributed by atoms with Crippen molar-refractivity contribution >= 4 is 50.9 Å². The molecule has 0 radical (unpaired) electrons. The van der Waals surface area contributed by atoms with Crippen LogP contribution in [0, 0.1) is 17.0 Å². The average Bonchev–Trinajstić information content (AvgIpc) is 3.31. The molecule has 8 nitrogen and oxygen atoms in total. The third-order valence-electron chi connectivity index (χ3n) is 4.53. The standard InChI is InChI=1S/C19H22N4O4S.ClH/c1-4-21(5-2)10-11-22(18(24)15-8-9-17(27-15)23(25)26)19-20-14-7-6-13(3)12-16(14)28-19;/h6-9,12H,4-5,10-11H2,1-3H3;1H. The van der Waals surface area contributed by atoms with Gasteiger partial charge in [-0.2, -0.15) is 0 Å². The molecule has 0 unspecified atom stereocenters. The number of furan rings is 1. The Hall–Kier alpha value is -2.49. The lowest BCUT2D eigenvalue weighted by Gasteiger charge is -2.23. The van der Waals surface area contributed by atoms with Crippen LogP contribution in [0.1, 0.15) is 30.0 Å². The molecule has 1 aromatic carbocycles. The molecule has 0 N–H and O–H groups in total. The minimum atomic E-state index is -0.655. The van der Waals surface area contributed by atoms with Gasteiger partial charge in [0.25, 0.3) is 5.91 Å². The highest BCUT2D eigenvalue weighted by atomic mass is 35.5. The Morgan fingerprint density at radius 1 is 1.21 bits per heavy atom. The Balaban J connectivity index is 0.00000300. The summed E-state index contributed by atoms with van der Waals surface area (Å²) in [6.45, 7) is 8.93. The van der Waals surface area contributed by atoms with Gasteiger partial charge in [0, 0.05) is 13.1 Å². The molecular formula is C19H23ClN4O4S. The number of aryl methyl sites for hydroxylation is 1. The molecule has 0 saturated carbocycles. The molecule has 0 fully saturated rings. The first-order chi connectivity index (χ1) is 13.4. The second-order valence-electron chi connectivity index (χ2n) is 6.35. The molecule has 0 aliphatic heterocycles. The molecule has 1 amide bonds. The molecule has 0 aliphatic rings. The molecule has 0 aliphatic carbocycles. The third kappa shape index (κ3) is 5.11. The van der Waals surface area contributed by atoms with Gasteiger partial charge in [-0.25, -0.2) is 4.98 Å². The Bertz CT molecular complexity index is 999. The number of aromatic nitrogens is 1. The van der Waals surface area contributed by atoms with Crippen LogP contribution in [-0.2, 0) is 0 Å². The van der Waals surface area contributed by atoms with Crippen molar-refractivity contribution in [1.29, 1.82) is 0 Å². The van der Waals surface area contributed by atoms with Crippen LogP contribution >= 0.6 is 23.7 Å². The van der Waals surface area contributed by atoms with Crippen molar-refractivity contribution < 1.29 is 14.1 Å². The minimum absolute atomic E-state index is 0. The quantitative estimate of drug-likeness (QED) is 0.379. The van der Waals surface area contributed by atoms with Crippen LogP contribution in [0.5, 0.6) is 0 Å². The number of hydrogen-bond donors (Lipinski definition) is 0. The molecule has 3 aromatic rings. The van der Waals surface area contributed by atoms with E-state index in [2.05, 4.69) is 23.7 Å². The maximum absolute atomic E-state index is 13.1. The normalized spacial score (nSPS) is 10.9. The Morgan fingerprint density at radius 2 is 1.93 bits per heavy atom. The molecule has 3 rings (SSSR count). The highest BCUT2D eigenvalue weighted by Gasteiger charge is 2.26. The van der Waals surface area contributed by atoms with Gasteiger partial charge in [-0.3, -0.25) is 19.8 Å². The van der Waals surface area contributed by atoms with Crippen LogP contribution in [0.25, 0.3) is 10.2 Å². The Morgan fingerprint density at radius 3 is 2.55 bits per heavy atom. The molecule has 2 aromatic heterocycles. The van der Waals surface area contributed by atoms with E-state index in [1.165, 1.54) is 23.5 Å². The number of hydrogen-bond acceptors (Lipinski definition) is 7. The summed E-state index contributed by atoms with van der Waals surface area (Å²) >= 11 is 1.42. The SMILES string of the molecule is CCN(CC)CCN(C(=O)c1ccc([N+](=O)[O-])o1)c1nc2ccc(C)cc2s1.Cl. The molecule has 29 heavy (non-hydrogen) atoms. The number of benzene rings is 1. The number of halogens is 1. The summed E-state index contributed by atoms with van der Waals surface area (Å²) in [4.78, 5) is 31.6. The highest BCUT2D eigenvalue weighted by Crippen LogP contribution is 2.31. The maximum Gasteiger partial charge on any atom is 0.433 e. The topological polar surface area (TPSA) is 92.7 Å². The first-order valence-electron chi connectivity index (χ1n) is 9.08. The first kappa shape index (κ1) is 22.8. The van der Waals surface area contributed by atoms with Gasteiger partial charge in [-0.1, -0.05) is 31.3 Å². The van der Waals surface area contributed by atoms with Crippen molar-refractivity contribution in [2.45, 2.75) is 20.8 Å². The zero-order chi connectivity index (χ0) is 20.3. The zero-order valence-corrected chi connectivity index (χ0v) is 18.1. The molecule has 0 saturated heterocycles. The van der Waals surface area contributed by atoms with Crippen molar-refractivity contribution in [2.24, 2.45) is 0 Å². The predicted molar refractivity (Wildman–Crippen MR) is 116 cm³/mol. The minimum Gasteiger partial charge on any atom is -0.395 e. The van der Waals surface area contributed by atoms with E-state index < -0.39 is 16.7 Å². The highest BCUT2D eigenvalue weighted by molar-refractivity contribution is 7.22. The molecule has 0 spiro atoms. The van der Waals surface area contributed by atoms with Gasteiger partial charge in [0.2, 0.25) is 0 Å². The summed E-state index contributed by atoms with van der Waals surface area (Å²) < 4.78 is 6.12. The lowest BCUT2D eigenvalue weighted by atomic mass is 10.2. The van der Waals surface area contributed by atoms with Gasteiger partial charge >= 0.3 is 5.88 Å². The van der Waals surface area contributed by atoms with E-state index in [0.29, 0.717) is 18.2 Å². The second-order valence-corrected chi connectivity index (χ2v) is 7.36. The van der Waals surface area contributed by atoms with Crippen molar-refractivity contribution in [1.82, 2.24) is 9.88 Å². The number of anilines is 1. The fourth-order valence-electron chi connectivity index (χ4n) is 2.87. The van der Waals surface area contributed by atoms with Gasteiger partial charge < -0.3 is 9.32 Å². The van der Waals surface area contributed by atoms with Crippen molar-refractivity contribution in [3.8, 4) is 0 Å². The number of thiazole rings is 1. The van der Waals surface area contributed by atoms with E-state index in [4.69, 9.17) is 4.42 Å². The van der Waals surface area contributed by atoms with Gasteiger partial charge in [0.05, 0.1) is 16.3 Å². The van der Waals surface area contributed by atoms with Gasteiger partial charge in [0.15, 0.2) is 10.9 Å². The smallest absolute Gasteiger partial charge is 0.395 e. The zero-order valence-electron chi connectivity index (χ0n) is 16.5. The van der Waals surface area contributed by atoms with E-state index in [0.717, 1.165) is 28.9 Å². The van der Waals surface area contributed by atoms with E-state index in [-0.39, 0.29) is 18.2 Å². The lowest BCUT2D eigenvalue weighted by Crippen LogP contribution is -2.38. The number of carbonyl (C=O) groups is 1. The van der Waals surface area contributed by atoms with Crippen molar-refractivity contribution in [2.75, 3.05) is 31.1 Å². The largest absolute Gasteiger partial charge is 0.433 e. The Labute approximate surface area is 178 Å². The van der Waals surface area contributed by atoms with Crippen LogP contribution in [0.4, 0.5) is 11.0 Å². The number of rotatable bonds is 8. The van der Waals surface area contributed by atoms with Crippen LogP contribution in [-0.4, -0.2) is 46.9 Å². The molecule has 156 valence electrons. The maximum atomic E-state index is 13.1. The summed E-state index contributed by atoms with van der Waals surface area (Å²) in [6, 6.07) is 8.46. The van der Waals surface area contributed by atoms with Gasteiger partial charge in [-0.05, 0) is 43.8 Å². The van der Waals surface area contributed by atoms with E-state index in [1.807, 2.05) is 25.1 Å². The number of carbonyl (C=O) groups excluding carboxylic acids is 1. The fourth-order valence-corrected chi connectivity index (χ4v) is 3.96. The molecule has 2 heterocycles. The number of nitro groups is 1. The van der Waals surface area contributed by atoms with Crippen LogP contribution < -0.4 is 4.90 Å². The summed E-state index contributed by atoms with van der Waals surface area (Å²) in [7, 11) is 0. The predicted octanol–water partition coefficient (Wildman–Crippen LogP) is 4.52. The van der Waals surface area contributed by atoms with Crippen molar-refractivity contribution in [3.05, 3.63) is 51.8 Å². The molecule has 0 bridgehead atoms. The molecular weight excluding hydrogens is 416 g/mol. The summed E-state index contributed by atoms with van der Waals surface area (Å²) in [5.41, 5.74) is 1.93. The fraction of sp³-hybridized carbons (Fsp3) is 0.368. The number of amides is 1. The monoisotopic (exact) mass is 438 g/mol. The second kappa shape index (κ2) is 9.82. The average molecular weight is 439 g/mol. The van der Waals surface area contributed by atoms with Crippen LogP contribution in [0.3, 0.4) is 0 Å². The third-order valence-corrected chi connectivity index (χ3v) is 5.57. The summed E-state index contributed by atoms with van der Waals surface area (Å²) in [5, 5.41) is 11.4. The van der Waals surface area contributed by atoms with Gasteiger partial charge in [-0.15, -0.1) is 12.4 Å².